The molecule has 6 heteroatoms. The summed E-state index contributed by atoms with van der Waals surface area (Å²) in [5.74, 6) is 0.405. The predicted molar refractivity (Wildman–Crippen MR) is 67.6 cm³/mol. The van der Waals surface area contributed by atoms with Crippen LogP contribution in [0.5, 0.6) is 0 Å². The molecule has 1 heterocycles. The van der Waals surface area contributed by atoms with Crippen molar-refractivity contribution in [2.45, 2.75) is 45.2 Å². The van der Waals surface area contributed by atoms with Crippen LogP contribution in [0.25, 0.3) is 0 Å². The van der Waals surface area contributed by atoms with E-state index in [9.17, 15) is 13.2 Å². The molecule has 0 spiro atoms. The fourth-order valence-electron chi connectivity index (χ4n) is 1.79. The summed E-state index contributed by atoms with van der Waals surface area (Å²) >= 11 is 0. The third-order valence-electron chi connectivity index (χ3n) is 2.62. The van der Waals surface area contributed by atoms with Crippen LogP contribution in [0, 0.1) is 0 Å². The Labute approximate surface area is 103 Å². The van der Waals surface area contributed by atoms with E-state index in [2.05, 4.69) is 10.6 Å². The first kappa shape index (κ1) is 14.4. The monoisotopic (exact) mass is 262 g/mol. The molecule has 0 aromatic carbocycles. The summed E-state index contributed by atoms with van der Waals surface area (Å²) in [5.41, 5.74) is -0.228. The molecule has 1 aliphatic heterocycles. The van der Waals surface area contributed by atoms with E-state index in [1.807, 2.05) is 20.8 Å². The fourth-order valence-corrected chi connectivity index (χ4v) is 3.29. The standard InChI is InChI=1S/C11H22N2O3S/c1-11(2,3)13-10(14)8-12-9-4-6-17(15,16)7-5-9/h9,12H,4-8H2,1-3H3,(H,13,14). The lowest BCUT2D eigenvalue weighted by Crippen LogP contribution is -2.47. The first-order valence-electron chi connectivity index (χ1n) is 5.93. The molecule has 0 atom stereocenters. The van der Waals surface area contributed by atoms with E-state index in [0.717, 1.165) is 0 Å². The topological polar surface area (TPSA) is 75.3 Å². The maximum absolute atomic E-state index is 11.5. The van der Waals surface area contributed by atoms with E-state index in [1.165, 1.54) is 0 Å². The van der Waals surface area contributed by atoms with Gasteiger partial charge in [0, 0.05) is 11.6 Å². The Morgan fingerprint density at radius 3 is 2.24 bits per heavy atom. The smallest absolute Gasteiger partial charge is 0.234 e. The van der Waals surface area contributed by atoms with Gasteiger partial charge in [0.2, 0.25) is 5.91 Å². The lowest BCUT2D eigenvalue weighted by Gasteiger charge is -2.25. The van der Waals surface area contributed by atoms with Crippen LogP contribution < -0.4 is 10.6 Å². The Kier molecular flexibility index (Phi) is 4.55. The highest BCUT2D eigenvalue weighted by Crippen LogP contribution is 2.11. The van der Waals surface area contributed by atoms with Crippen molar-refractivity contribution in [2.24, 2.45) is 0 Å². The average molecular weight is 262 g/mol. The second-order valence-electron chi connectivity index (χ2n) is 5.61. The third kappa shape index (κ3) is 6.02. The summed E-state index contributed by atoms with van der Waals surface area (Å²) in [6.45, 7) is 6.04. The summed E-state index contributed by atoms with van der Waals surface area (Å²) < 4.78 is 22.4. The van der Waals surface area contributed by atoms with Crippen molar-refractivity contribution in [3.63, 3.8) is 0 Å². The van der Waals surface area contributed by atoms with Gasteiger partial charge >= 0.3 is 0 Å². The van der Waals surface area contributed by atoms with Crippen molar-refractivity contribution in [1.82, 2.24) is 10.6 Å². The molecule has 0 saturated carbocycles. The molecule has 0 bridgehead atoms. The minimum atomic E-state index is -2.82. The maximum atomic E-state index is 11.5. The summed E-state index contributed by atoms with van der Waals surface area (Å²) in [6, 6.07) is 0.143. The molecule has 2 N–H and O–H groups in total. The molecule has 1 amide bonds. The van der Waals surface area contributed by atoms with Crippen LogP contribution in [0.2, 0.25) is 0 Å². The maximum Gasteiger partial charge on any atom is 0.234 e. The van der Waals surface area contributed by atoms with E-state index in [1.54, 1.807) is 0 Å². The molecule has 0 unspecified atom stereocenters. The number of sulfone groups is 1. The molecule has 0 aromatic heterocycles. The molecule has 1 aliphatic rings. The van der Waals surface area contributed by atoms with Gasteiger partial charge in [-0.1, -0.05) is 0 Å². The Morgan fingerprint density at radius 2 is 1.76 bits per heavy atom. The molecule has 0 radical (unpaired) electrons. The largest absolute Gasteiger partial charge is 0.350 e. The van der Waals surface area contributed by atoms with Crippen molar-refractivity contribution in [2.75, 3.05) is 18.1 Å². The van der Waals surface area contributed by atoms with Gasteiger partial charge in [0.1, 0.15) is 9.84 Å². The summed E-state index contributed by atoms with van der Waals surface area (Å²) in [5, 5.41) is 5.96. The van der Waals surface area contributed by atoms with Gasteiger partial charge in [0.15, 0.2) is 0 Å². The summed E-state index contributed by atoms with van der Waals surface area (Å²) in [4.78, 5) is 11.5. The van der Waals surface area contributed by atoms with Gasteiger partial charge in [-0.25, -0.2) is 8.42 Å². The number of hydrogen-bond acceptors (Lipinski definition) is 4. The van der Waals surface area contributed by atoms with Gasteiger partial charge in [-0.3, -0.25) is 4.79 Å². The normalized spacial score (nSPS) is 21.1. The quantitative estimate of drug-likeness (QED) is 0.754. The van der Waals surface area contributed by atoms with E-state index in [4.69, 9.17) is 0 Å². The molecule has 0 aliphatic carbocycles. The molecule has 0 aromatic rings. The van der Waals surface area contributed by atoms with Gasteiger partial charge < -0.3 is 10.6 Å². The number of rotatable bonds is 3. The average Bonchev–Trinajstić information content (AvgIpc) is 2.13. The van der Waals surface area contributed by atoms with Crippen LogP contribution in [0.1, 0.15) is 33.6 Å². The van der Waals surface area contributed by atoms with Crippen molar-refractivity contribution in [3.05, 3.63) is 0 Å². The molecular formula is C11H22N2O3S. The number of carbonyl (C=O) groups excluding carboxylic acids is 1. The number of carbonyl (C=O) groups is 1. The van der Waals surface area contributed by atoms with E-state index >= 15 is 0 Å². The van der Waals surface area contributed by atoms with Crippen LogP contribution in [-0.2, 0) is 14.6 Å². The molecule has 1 saturated heterocycles. The first-order valence-corrected chi connectivity index (χ1v) is 7.75. The van der Waals surface area contributed by atoms with Crippen molar-refractivity contribution >= 4 is 15.7 Å². The highest BCUT2D eigenvalue weighted by atomic mass is 32.2. The van der Waals surface area contributed by atoms with E-state index in [-0.39, 0.29) is 35.5 Å². The Morgan fingerprint density at radius 1 is 1.24 bits per heavy atom. The molecule has 17 heavy (non-hydrogen) atoms. The second kappa shape index (κ2) is 5.35. The van der Waals surface area contributed by atoms with Crippen LogP contribution in [0.4, 0.5) is 0 Å². The lowest BCUT2D eigenvalue weighted by atomic mass is 10.1. The van der Waals surface area contributed by atoms with Crippen LogP contribution >= 0.6 is 0 Å². The van der Waals surface area contributed by atoms with E-state index < -0.39 is 9.84 Å². The van der Waals surface area contributed by atoms with Gasteiger partial charge in [-0.05, 0) is 33.6 Å². The minimum absolute atomic E-state index is 0.0501. The fraction of sp³-hybridized carbons (Fsp3) is 0.909. The van der Waals surface area contributed by atoms with Gasteiger partial charge in [0.05, 0.1) is 18.1 Å². The van der Waals surface area contributed by atoms with Gasteiger partial charge in [-0.2, -0.15) is 0 Å². The second-order valence-corrected chi connectivity index (χ2v) is 7.91. The lowest BCUT2D eigenvalue weighted by molar-refractivity contribution is -0.121. The molecule has 5 nitrogen and oxygen atoms in total. The highest BCUT2D eigenvalue weighted by Gasteiger charge is 2.23. The summed E-state index contributed by atoms with van der Waals surface area (Å²) in [6.07, 6.45) is 1.20. The van der Waals surface area contributed by atoms with Gasteiger partial charge in [-0.15, -0.1) is 0 Å². The van der Waals surface area contributed by atoms with Crippen molar-refractivity contribution in [3.8, 4) is 0 Å². The Bertz CT molecular complexity index is 357. The highest BCUT2D eigenvalue weighted by molar-refractivity contribution is 7.91. The van der Waals surface area contributed by atoms with Crippen LogP contribution in [-0.4, -0.2) is 44.0 Å². The number of hydrogen-bond donors (Lipinski definition) is 2. The summed E-state index contributed by atoms with van der Waals surface area (Å²) in [7, 11) is -2.82. The minimum Gasteiger partial charge on any atom is -0.350 e. The SMILES string of the molecule is CC(C)(C)NC(=O)CNC1CCS(=O)(=O)CC1. The molecule has 100 valence electrons. The Hall–Kier alpha value is -0.620. The molecule has 1 fully saturated rings. The zero-order valence-electron chi connectivity index (χ0n) is 10.7. The number of nitrogens with one attached hydrogen (secondary N) is 2. The zero-order chi connectivity index (χ0) is 13.1. The molecule has 1 rings (SSSR count). The van der Waals surface area contributed by atoms with Crippen molar-refractivity contribution < 1.29 is 13.2 Å². The van der Waals surface area contributed by atoms with Gasteiger partial charge in [0.25, 0.3) is 0 Å². The zero-order valence-corrected chi connectivity index (χ0v) is 11.6. The first-order chi connectivity index (χ1) is 7.68. The third-order valence-corrected chi connectivity index (χ3v) is 4.34. The predicted octanol–water partition coefficient (Wildman–Crippen LogP) is 0.0679. The van der Waals surface area contributed by atoms with Crippen LogP contribution in [0.15, 0.2) is 0 Å². The Balaban J connectivity index is 2.26. The van der Waals surface area contributed by atoms with Crippen LogP contribution in [0.3, 0.4) is 0 Å². The van der Waals surface area contributed by atoms with Crippen molar-refractivity contribution in [1.29, 1.82) is 0 Å². The van der Waals surface area contributed by atoms with E-state index in [0.29, 0.717) is 12.8 Å². The molecular weight excluding hydrogens is 240 g/mol. The number of amides is 1.